The summed E-state index contributed by atoms with van der Waals surface area (Å²) in [5.74, 6) is 0.543. The van der Waals surface area contributed by atoms with Gasteiger partial charge in [0.2, 0.25) is 0 Å². The fraction of sp³-hybridized carbons (Fsp3) is 0.0588. The Morgan fingerprint density at radius 1 is 1.14 bits per heavy atom. The number of aromatic nitrogens is 1. The van der Waals surface area contributed by atoms with Crippen LogP contribution in [0.3, 0.4) is 0 Å². The SMILES string of the molecule is Cc1ccc(Cl)cc1Nc1nc2ccccc2cc1C#N. The number of aryl methyl sites for hydroxylation is 1. The van der Waals surface area contributed by atoms with Crippen molar-refractivity contribution in [1.82, 2.24) is 4.98 Å². The molecule has 4 heteroatoms. The van der Waals surface area contributed by atoms with E-state index in [0.717, 1.165) is 22.2 Å². The molecule has 1 aromatic heterocycles. The molecule has 0 atom stereocenters. The number of nitrogens with zero attached hydrogens (tertiary/aromatic N) is 2. The summed E-state index contributed by atoms with van der Waals surface area (Å²) in [4.78, 5) is 4.54. The number of hydrogen-bond acceptors (Lipinski definition) is 3. The molecule has 1 heterocycles. The van der Waals surface area contributed by atoms with Crippen LogP contribution in [0.5, 0.6) is 0 Å². The summed E-state index contributed by atoms with van der Waals surface area (Å²) in [6.07, 6.45) is 0. The fourth-order valence-corrected chi connectivity index (χ4v) is 2.33. The van der Waals surface area contributed by atoms with Crippen molar-refractivity contribution in [1.29, 1.82) is 5.26 Å². The van der Waals surface area contributed by atoms with Crippen molar-refractivity contribution in [2.45, 2.75) is 6.92 Å². The molecule has 0 aliphatic heterocycles. The molecule has 0 radical (unpaired) electrons. The van der Waals surface area contributed by atoms with Gasteiger partial charge in [-0.25, -0.2) is 4.98 Å². The van der Waals surface area contributed by atoms with Gasteiger partial charge in [0, 0.05) is 16.1 Å². The van der Waals surface area contributed by atoms with Crippen molar-refractivity contribution < 1.29 is 0 Å². The quantitative estimate of drug-likeness (QED) is 0.737. The highest BCUT2D eigenvalue weighted by Gasteiger charge is 2.08. The lowest BCUT2D eigenvalue weighted by molar-refractivity contribution is 1.32. The summed E-state index contributed by atoms with van der Waals surface area (Å²) in [6.45, 7) is 1.98. The maximum absolute atomic E-state index is 9.32. The number of pyridine rings is 1. The second kappa shape index (κ2) is 5.43. The lowest BCUT2D eigenvalue weighted by atomic mass is 10.1. The van der Waals surface area contributed by atoms with Crippen LogP contribution in [0.25, 0.3) is 10.9 Å². The highest BCUT2D eigenvalue weighted by Crippen LogP contribution is 2.27. The van der Waals surface area contributed by atoms with E-state index in [-0.39, 0.29) is 0 Å². The van der Waals surface area contributed by atoms with Crippen LogP contribution in [-0.4, -0.2) is 4.98 Å². The zero-order chi connectivity index (χ0) is 14.8. The highest BCUT2D eigenvalue weighted by atomic mass is 35.5. The molecule has 0 aliphatic rings. The molecular weight excluding hydrogens is 282 g/mol. The van der Waals surface area contributed by atoms with Gasteiger partial charge in [0.15, 0.2) is 0 Å². The average molecular weight is 294 g/mol. The van der Waals surface area contributed by atoms with Gasteiger partial charge in [-0.3, -0.25) is 0 Å². The number of fused-ring (bicyclic) bond motifs is 1. The van der Waals surface area contributed by atoms with E-state index in [4.69, 9.17) is 11.6 Å². The van der Waals surface area contributed by atoms with Crippen LogP contribution in [0, 0.1) is 18.3 Å². The smallest absolute Gasteiger partial charge is 0.149 e. The van der Waals surface area contributed by atoms with Crippen LogP contribution in [0.1, 0.15) is 11.1 Å². The third-order valence-electron chi connectivity index (χ3n) is 3.30. The first-order valence-corrected chi connectivity index (χ1v) is 6.88. The molecule has 2 aromatic carbocycles. The number of hydrogen-bond donors (Lipinski definition) is 1. The predicted molar refractivity (Wildman–Crippen MR) is 85.9 cm³/mol. The second-order valence-electron chi connectivity index (χ2n) is 4.77. The molecule has 0 unspecified atom stereocenters. The van der Waals surface area contributed by atoms with Gasteiger partial charge in [0.25, 0.3) is 0 Å². The topological polar surface area (TPSA) is 48.7 Å². The van der Waals surface area contributed by atoms with E-state index in [2.05, 4.69) is 16.4 Å². The third-order valence-corrected chi connectivity index (χ3v) is 3.53. The van der Waals surface area contributed by atoms with Crippen LogP contribution in [0.15, 0.2) is 48.5 Å². The number of rotatable bonds is 2. The van der Waals surface area contributed by atoms with Gasteiger partial charge in [0.1, 0.15) is 11.9 Å². The van der Waals surface area contributed by atoms with Crippen molar-refractivity contribution in [3.63, 3.8) is 0 Å². The summed E-state index contributed by atoms with van der Waals surface area (Å²) in [5, 5.41) is 14.1. The maximum Gasteiger partial charge on any atom is 0.149 e. The number of anilines is 2. The second-order valence-corrected chi connectivity index (χ2v) is 5.21. The molecule has 3 rings (SSSR count). The Bertz CT molecular complexity index is 866. The molecule has 102 valence electrons. The van der Waals surface area contributed by atoms with E-state index in [1.165, 1.54) is 0 Å². The van der Waals surface area contributed by atoms with Gasteiger partial charge < -0.3 is 5.32 Å². The molecule has 0 saturated carbocycles. The van der Waals surface area contributed by atoms with Gasteiger partial charge in [0.05, 0.1) is 11.1 Å². The molecule has 0 saturated heterocycles. The van der Waals surface area contributed by atoms with Crippen LogP contribution >= 0.6 is 11.6 Å². The first-order valence-electron chi connectivity index (χ1n) is 6.50. The highest BCUT2D eigenvalue weighted by molar-refractivity contribution is 6.30. The molecule has 0 amide bonds. The third kappa shape index (κ3) is 2.67. The fourth-order valence-electron chi connectivity index (χ4n) is 2.15. The van der Waals surface area contributed by atoms with Crippen molar-refractivity contribution >= 4 is 34.0 Å². The van der Waals surface area contributed by atoms with E-state index in [0.29, 0.717) is 16.4 Å². The van der Waals surface area contributed by atoms with E-state index in [1.54, 1.807) is 0 Å². The van der Waals surface area contributed by atoms with E-state index in [1.807, 2.05) is 55.5 Å². The predicted octanol–water partition coefficient (Wildman–Crippen LogP) is 4.81. The summed E-state index contributed by atoms with van der Waals surface area (Å²) in [6, 6.07) is 17.3. The first kappa shape index (κ1) is 13.4. The number of nitrogens with one attached hydrogen (secondary N) is 1. The molecular formula is C17H12ClN3. The number of benzene rings is 2. The van der Waals surface area contributed by atoms with Gasteiger partial charge in [-0.1, -0.05) is 35.9 Å². The largest absolute Gasteiger partial charge is 0.339 e. The van der Waals surface area contributed by atoms with Crippen molar-refractivity contribution in [3.8, 4) is 6.07 Å². The minimum absolute atomic E-state index is 0.507. The Hall–Kier alpha value is -2.57. The molecule has 0 bridgehead atoms. The maximum atomic E-state index is 9.32. The lowest BCUT2D eigenvalue weighted by Gasteiger charge is -2.11. The van der Waals surface area contributed by atoms with Crippen LogP contribution < -0.4 is 5.32 Å². The standard InChI is InChI=1S/C17H12ClN3/c1-11-6-7-14(18)9-16(11)21-17-13(10-19)8-12-4-2-3-5-15(12)20-17/h2-9H,1H3,(H,20,21). The number of halogens is 1. The molecule has 3 nitrogen and oxygen atoms in total. The lowest BCUT2D eigenvalue weighted by Crippen LogP contribution is -1.99. The molecule has 0 aliphatic carbocycles. The summed E-state index contributed by atoms with van der Waals surface area (Å²) in [7, 11) is 0. The summed E-state index contributed by atoms with van der Waals surface area (Å²) < 4.78 is 0. The Morgan fingerprint density at radius 2 is 1.95 bits per heavy atom. The Balaban J connectivity index is 2.11. The van der Waals surface area contributed by atoms with E-state index in [9.17, 15) is 5.26 Å². The molecule has 21 heavy (non-hydrogen) atoms. The van der Waals surface area contributed by atoms with Gasteiger partial charge in [-0.05, 0) is 36.8 Å². The molecule has 1 N–H and O–H groups in total. The molecule has 0 spiro atoms. The normalized spacial score (nSPS) is 10.3. The van der Waals surface area contributed by atoms with Crippen LogP contribution in [0.4, 0.5) is 11.5 Å². The van der Waals surface area contributed by atoms with E-state index < -0.39 is 0 Å². The Labute approximate surface area is 127 Å². The zero-order valence-corrected chi connectivity index (χ0v) is 12.1. The Kier molecular flexibility index (Phi) is 3.47. The monoisotopic (exact) mass is 293 g/mol. The van der Waals surface area contributed by atoms with Gasteiger partial charge in [-0.2, -0.15) is 5.26 Å². The number of nitriles is 1. The van der Waals surface area contributed by atoms with Gasteiger partial charge >= 0.3 is 0 Å². The minimum atomic E-state index is 0.507. The molecule has 0 fully saturated rings. The van der Waals surface area contributed by atoms with Crippen molar-refractivity contribution in [2.75, 3.05) is 5.32 Å². The van der Waals surface area contributed by atoms with Crippen molar-refractivity contribution in [3.05, 3.63) is 64.7 Å². The summed E-state index contributed by atoms with van der Waals surface area (Å²) >= 11 is 6.03. The van der Waals surface area contributed by atoms with Crippen LogP contribution in [-0.2, 0) is 0 Å². The van der Waals surface area contributed by atoms with Crippen LogP contribution in [0.2, 0.25) is 5.02 Å². The number of para-hydroxylation sites is 1. The average Bonchev–Trinajstić information content (AvgIpc) is 2.50. The Morgan fingerprint density at radius 3 is 2.76 bits per heavy atom. The van der Waals surface area contributed by atoms with E-state index >= 15 is 0 Å². The van der Waals surface area contributed by atoms with Crippen molar-refractivity contribution in [2.24, 2.45) is 0 Å². The minimum Gasteiger partial charge on any atom is -0.339 e. The molecule has 3 aromatic rings. The van der Waals surface area contributed by atoms with Gasteiger partial charge in [-0.15, -0.1) is 0 Å². The summed E-state index contributed by atoms with van der Waals surface area (Å²) in [5.41, 5.74) is 3.24. The zero-order valence-electron chi connectivity index (χ0n) is 11.4. The first-order chi connectivity index (χ1) is 10.2.